The third kappa shape index (κ3) is 4.38. The number of rotatable bonds is 6. The van der Waals surface area contributed by atoms with E-state index in [4.69, 9.17) is 9.88 Å². The SMILES string of the molecule is COc1ccc(S(N)(=O)=O)cc1C(=O)Nc1ccc(Cn2ccnc2C)cc1. The number of hydrogen-bond acceptors (Lipinski definition) is 5. The van der Waals surface area contributed by atoms with Crippen molar-refractivity contribution in [3.63, 3.8) is 0 Å². The summed E-state index contributed by atoms with van der Waals surface area (Å²) in [6.45, 7) is 2.60. The molecule has 146 valence electrons. The van der Waals surface area contributed by atoms with Gasteiger partial charge in [0, 0.05) is 24.6 Å². The number of nitrogens with two attached hydrogens (primary N) is 1. The van der Waals surface area contributed by atoms with E-state index in [9.17, 15) is 13.2 Å². The number of carbonyl (C=O) groups is 1. The number of ether oxygens (including phenoxy) is 1. The molecule has 2 aromatic carbocycles. The Morgan fingerprint density at radius 3 is 2.50 bits per heavy atom. The molecular weight excluding hydrogens is 380 g/mol. The summed E-state index contributed by atoms with van der Waals surface area (Å²) in [5, 5.41) is 7.88. The van der Waals surface area contributed by atoms with Crippen LogP contribution >= 0.6 is 0 Å². The number of imidazole rings is 1. The van der Waals surface area contributed by atoms with Gasteiger partial charge < -0.3 is 14.6 Å². The van der Waals surface area contributed by atoms with Crippen LogP contribution in [0.2, 0.25) is 0 Å². The topological polar surface area (TPSA) is 116 Å². The predicted molar refractivity (Wildman–Crippen MR) is 105 cm³/mol. The van der Waals surface area contributed by atoms with E-state index < -0.39 is 15.9 Å². The van der Waals surface area contributed by atoms with Crippen LogP contribution in [0, 0.1) is 6.92 Å². The molecule has 0 atom stereocenters. The van der Waals surface area contributed by atoms with Crippen molar-refractivity contribution >= 4 is 21.6 Å². The molecule has 0 aliphatic carbocycles. The first-order chi connectivity index (χ1) is 13.3. The van der Waals surface area contributed by atoms with Crippen LogP contribution in [0.25, 0.3) is 0 Å². The maximum Gasteiger partial charge on any atom is 0.259 e. The van der Waals surface area contributed by atoms with Crippen LogP contribution in [0.5, 0.6) is 5.75 Å². The third-order valence-corrected chi connectivity index (χ3v) is 5.14. The lowest BCUT2D eigenvalue weighted by Crippen LogP contribution is -2.16. The molecule has 1 heterocycles. The molecule has 0 bridgehead atoms. The van der Waals surface area contributed by atoms with Crippen molar-refractivity contribution in [3.05, 3.63) is 71.8 Å². The zero-order valence-corrected chi connectivity index (χ0v) is 16.2. The van der Waals surface area contributed by atoms with Crippen molar-refractivity contribution in [1.29, 1.82) is 0 Å². The summed E-state index contributed by atoms with van der Waals surface area (Å²) in [5.74, 6) is 0.664. The van der Waals surface area contributed by atoms with E-state index >= 15 is 0 Å². The van der Waals surface area contributed by atoms with Gasteiger partial charge in [-0.3, -0.25) is 4.79 Å². The second-order valence-electron chi connectivity index (χ2n) is 6.16. The van der Waals surface area contributed by atoms with Gasteiger partial charge in [0.1, 0.15) is 11.6 Å². The number of sulfonamides is 1. The lowest BCUT2D eigenvalue weighted by atomic mass is 10.1. The number of methoxy groups -OCH3 is 1. The van der Waals surface area contributed by atoms with Gasteiger partial charge in [0.05, 0.1) is 17.6 Å². The molecule has 0 aliphatic rings. The van der Waals surface area contributed by atoms with E-state index in [0.717, 1.165) is 11.4 Å². The van der Waals surface area contributed by atoms with E-state index in [1.165, 1.54) is 25.3 Å². The summed E-state index contributed by atoms with van der Waals surface area (Å²) in [6.07, 6.45) is 3.64. The molecule has 28 heavy (non-hydrogen) atoms. The maximum atomic E-state index is 12.6. The van der Waals surface area contributed by atoms with Crippen LogP contribution < -0.4 is 15.2 Å². The van der Waals surface area contributed by atoms with Gasteiger partial charge in [0.25, 0.3) is 5.91 Å². The Hall–Kier alpha value is -3.17. The Morgan fingerprint density at radius 2 is 1.93 bits per heavy atom. The number of anilines is 1. The molecular formula is C19H20N4O4S. The summed E-state index contributed by atoms with van der Waals surface area (Å²) in [7, 11) is -2.54. The minimum Gasteiger partial charge on any atom is -0.496 e. The Kier molecular flexibility index (Phi) is 5.48. The Balaban J connectivity index is 1.78. The highest BCUT2D eigenvalue weighted by Gasteiger charge is 2.17. The molecule has 0 radical (unpaired) electrons. The fourth-order valence-corrected chi connectivity index (χ4v) is 3.24. The van der Waals surface area contributed by atoms with Crippen LogP contribution in [0.4, 0.5) is 5.69 Å². The van der Waals surface area contributed by atoms with Crippen molar-refractivity contribution in [2.75, 3.05) is 12.4 Å². The average molecular weight is 400 g/mol. The minimum absolute atomic E-state index is 0.0761. The summed E-state index contributed by atoms with van der Waals surface area (Å²) in [4.78, 5) is 16.6. The Labute approximate surface area is 163 Å². The van der Waals surface area contributed by atoms with Gasteiger partial charge in [-0.2, -0.15) is 0 Å². The smallest absolute Gasteiger partial charge is 0.259 e. The molecule has 3 N–H and O–H groups in total. The number of nitrogens with one attached hydrogen (secondary N) is 1. The van der Waals surface area contributed by atoms with Gasteiger partial charge in [-0.25, -0.2) is 18.5 Å². The van der Waals surface area contributed by atoms with E-state index in [2.05, 4.69) is 10.3 Å². The average Bonchev–Trinajstić information content (AvgIpc) is 3.06. The summed E-state index contributed by atoms with van der Waals surface area (Å²) in [6, 6.07) is 11.2. The molecule has 1 amide bonds. The molecule has 1 aromatic heterocycles. The first-order valence-corrected chi connectivity index (χ1v) is 9.91. The molecule has 3 rings (SSSR count). The number of amides is 1. The molecule has 9 heteroatoms. The first-order valence-electron chi connectivity index (χ1n) is 8.37. The maximum absolute atomic E-state index is 12.6. The van der Waals surface area contributed by atoms with E-state index in [1.54, 1.807) is 18.3 Å². The fourth-order valence-electron chi connectivity index (χ4n) is 2.70. The molecule has 0 saturated carbocycles. The van der Waals surface area contributed by atoms with Crippen molar-refractivity contribution in [2.24, 2.45) is 5.14 Å². The standard InChI is InChI=1S/C19H20N4O4S/c1-13-21-9-10-23(13)12-14-3-5-15(6-4-14)22-19(24)17-11-16(28(20,25)26)7-8-18(17)27-2/h3-11H,12H2,1-2H3,(H,22,24)(H2,20,25,26). The predicted octanol–water partition coefficient (Wildman–Crippen LogP) is 2.15. The largest absolute Gasteiger partial charge is 0.496 e. The number of nitrogens with zero attached hydrogens (tertiary/aromatic N) is 2. The molecule has 3 aromatic rings. The Morgan fingerprint density at radius 1 is 1.21 bits per heavy atom. The van der Waals surface area contributed by atoms with Gasteiger partial charge >= 0.3 is 0 Å². The van der Waals surface area contributed by atoms with Crippen molar-refractivity contribution in [1.82, 2.24) is 9.55 Å². The molecule has 0 unspecified atom stereocenters. The first kappa shape index (κ1) is 19.6. The normalized spacial score (nSPS) is 11.2. The van der Waals surface area contributed by atoms with Crippen LogP contribution in [0.15, 0.2) is 59.8 Å². The molecule has 0 fully saturated rings. The number of carbonyl (C=O) groups excluding carboxylic acids is 1. The second kappa shape index (κ2) is 7.83. The van der Waals surface area contributed by atoms with Crippen LogP contribution in [0.3, 0.4) is 0 Å². The van der Waals surface area contributed by atoms with E-state index in [1.807, 2.05) is 29.8 Å². The monoisotopic (exact) mass is 400 g/mol. The number of aryl methyl sites for hydroxylation is 1. The van der Waals surface area contributed by atoms with E-state index in [0.29, 0.717) is 12.2 Å². The fraction of sp³-hybridized carbons (Fsp3) is 0.158. The highest BCUT2D eigenvalue weighted by atomic mass is 32.2. The summed E-state index contributed by atoms with van der Waals surface area (Å²) in [5.41, 5.74) is 1.69. The zero-order chi connectivity index (χ0) is 20.3. The van der Waals surface area contributed by atoms with Gasteiger partial charge in [-0.1, -0.05) is 12.1 Å². The van der Waals surface area contributed by atoms with Crippen molar-refractivity contribution in [2.45, 2.75) is 18.4 Å². The highest BCUT2D eigenvalue weighted by molar-refractivity contribution is 7.89. The minimum atomic E-state index is -3.93. The van der Waals surface area contributed by atoms with Gasteiger partial charge in [-0.15, -0.1) is 0 Å². The number of hydrogen-bond donors (Lipinski definition) is 2. The number of primary sulfonamides is 1. The number of benzene rings is 2. The molecule has 0 aliphatic heterocycles. The number of aromatic nitrogens is 2. The quantitative estimate of drug-likeness (QED) is 0.658. The third-order valence-electron chi connectivity index (χ3n) is 4.23. The van der Waals surface area contributed by atoms with Crippen molar-refractivity contribution < 1.29 is 17.9 Å². The lowest BCUT2D eigenvalue weighted by molar-refractivity contribution is 0.102. The van der Waals surface area contributed by atoms with Gasteiger partial charge in [0.15, 0.2) is 0 Å². The molecule has 0 spiro atoms. The lowest BCUT2D eigenvalue weighted by Gasteiger charge is -2.11. The van der Waals surface area contributed by atoms with Crippen molar-refractivity contribution in [3.8, 4) is 5.75 Å². The van der Waals surface area contributed by atoms with Crippen LogP contribution in [-0.4, -0.2) is 31.0 Å². The molecule has 8 nitrogen and oxygen atoms in total. The van der Waals surface area contributed by atoms with Crippen LogP contribution in [-0.2, 0) is 16.6 Å². The summed E-state index contributed by atoms with van der Waals surface area (Å²) < 4.78 is 30.3. The van der Waals surface area contributed by atoms with Gasteiger partial charge in [0.2, 0.25) is 10.0 Å². The zero-order valence-electron chi connectivity index (χ0n) is 15.4. The van der Waals surface area contributed by atoms with E-state index in [-0.39, 0.29) is 16.2 Å². The van der Waals surface area contributed by atoms with Crippen LogP contribution in [0.1, 0.15) is 21.7 Å². The van der Waals surface area contributed by atoms with Gasteiger partial charge in [-0.05, 0) is 42.8 Å². The summed E-state index contributed by atoms with van der Waals surface area (Å²) >= 11 is 0. The second-order valence-corrected chi connectivity index (χ2v) is 7.72. The molecule has 0 saturated heterocycles. The highest BCUT2D eigenvalue weighted by Crippen LogP contribution is 2.23. The Bertz CT molecular complexity index is 1110.